The van der Waals surface area contributed by atoms with Crippen LogP contribution in [0.1, 0.15) is 41.0 Å². The van der Waals surface area contributed by atoms with Gasteiger partial charge in [-0.1, -0.05) is 6.92 Å². The van der Waals surface area contributed by atoms with Gasteiger partial charge in [0.2, 0.25) is 5.91 Å². The van der Waals surface area contributed by atoms with Crippen LogP contribution in [0.25, 0.3) is 0 Å². The summed E-state index contributed by atoms with van der Waals surface area (Å²) in [6, 6.07) is 2.04. The number of hydrogen-bond donors (Lipinski definition) is 1. The molecule has 0 aliphatic carbocycles. The van der Waals surface area contributed by atoms with Crippen molar-refractivity contribution in [2.75, 3.05) is 0 Å². The summed E-state index contributed by atoms with van der Waals surface area (Å²) in [5.41, 5.74) is -1.17. The molecule has 0 radical (unpaired) electrons. The number of carbonyl (C=O) groups is 1. The van der Waals surface area contributed by atoms with Gasteiger partial charge in [-0.15, -0.1) is 0 Å². The zero-order valence-electron chi connectivity index (χ0n) is 9.06. The van der Waals surface area contributed by atoms with E-state index in [0.717, 1.165) is 0 Å². The van der Waals surface area contributed by atoms with Crippen molar-refractivity contribution in [1.82, 2.24) is 5.32 Å². The van der Waals surface area contributed by atoms with Crippen LogP contribution in [0.2, 0.25) is 0 Å². The molecule has 74 valence electrons. The van der Waals surface area contributed by atoms with Gasteiger partial charge in [0.1, 0.15) is 5.41 Å². The fourth-order valence-electron chi connectivity index (χ4n) is 0.769. The van der Waals surface area contributed by atoms with Crippen LogP contribution in [0, 0.1) is 16.7 Å². The lowest BCUT2D eigenvalue weighted by Crippen LogP contribution is -2.47. The van der Waals surface area contributed by atoms with Crippen molar-refractivity contribution in [3.8, 4) is 6.07 Å². The fraction of sp³-hybridized carbons (Fsp3) is 0.800. The average molecular weight is 182 g/mol. The molecule has 1 atom stereocenters. The van der Waals surface area contributed by atoms with E-state index in [4.69, 9.17) is 5.26 Å². The largest absolute Gasteiger partial charge is 0.350 e. The van der Waals surface area contributed by atoms with Crippen molar-refractivity contribution in [2.24, 2.45) is 5.41 Å². The Morgan fingerprint density at radius 2 is 1.85 bits per heavy atom. The molecule has 1 N–H and O–H groups in total. The lowest BCUT2D eigenvalue weighted by molar-refractivity contribution is -0.129. The first-order chi connectivity index (χ1) is 5.75. The third-order valence-electron chi connectivity index (χ3n) is 1.94. The van der Waals surface area contributed by atoms with E-state index < -0.39 is 5.41 Å². The van der Waals surface area contributed by atoms with E-state index in [2.05, 4.69) is 5.32 Å². The Kier molecular flexibility index (Phi) is 3.48. The van der Waals surface area contributed by atoms with Gasteiger partial charge in [-0.2, -0.15) is 5.26 Å². The van der Waals surface area contributed by atoms with Crippen molar-refractivity contribution >= 4 is 5.91 Å². The van der Waals surface area contributed by atoms with Gasteiger partial charge in [-0.05, 0) is 34.1 Å². The molecule has 0 bridgehead atoms. The van der Waals surface area contributed by atoms with Gasteiger partial charge in [-0.25, -0.2) is 0 Å². The van der Waals surface area contributed by atoms with Crippen molar-refractivity contribution in [2.45, 2.75) is 46.6 Å². The van der Waals surface area contributed by atoms with Crippen LogP contribution in [0.15, 0.2) is 0 Å². The number of nitrogens with zero attached hydrogens (tertiary/aromatic N) is 1. The van der Waals surface area contributed by atoms with Gasteiger partial charge in [0.15, 0.2) is 0 Å². The summed E-state index contributed by atoms with van der Waals surface area (Å²) in [5.74, 6) is -0.190. The van der Waals surface area contributed by atoms with Crippen LogP contribution in [0.5, 0.6) is 0 Å². The Hall–Kier alpha value is -1.04. The van der Waals surface area contributed by atoms with E-state index in [1.54, 1.807) is 6.92 Å². The standard InChI is InChI=1S/C10H18N2O/c1-6-10(5,7-11)8(13)12-9(2,3)4/h6H2,1-5H3,(H,12,13). The maximum absolute atomic E-state index is 11.6. The number of nitrogens with one attached hydrogen (secondary N) is 1. The van der Waals surface area contributed by atoms with Gasteiger partial charge in [0.25, 0.3) is 0 Å². The molecule has 0 spiro atoms. The highest BCUT2D eigenvalue weighted by atomic mass is 16.2. The second-order valence-electron chi connectivity index (χ2n) is 4.50. The molecule has 0 aromatic rings. The summed E-state index contributed by atoms with van der Waals surface area (Å²) in [4.78, 5) is 11.6. The van der Waals surface area contributed by atoms with E-state index >= 15 is 0 Å². The molecule has 3 heteroatoms. The van der Waals surface area contributed by atoms with Gasteiger partial charge in [0.05, 0.1) is 6.07 Å². The summed E-state index contributed by atoms with van der Waals surface area (Å²) in [6.45, 7) is 9.20. The lowest BCUT2D eigenvalue weighted by Gasteiger charge is -2.26. The number of carbonyl (C=O) groups excluding carboxylic acids is 1. The first-order valence-electron chi connectivity index (χ1n) is 4.49. The number of rotatable bonds is 2. The molecule has 0 fully saturated rings. The highest BCUT2D eigenvalue weighted by Gasteiger charge is 2.33. The predicted molar refractivity (Wildman–Crippen MR) is 51.9 cm³/mol. The number of nitriles is 1. The molecule has 1 amide bonds. The van der Waals surface area contributed by atoms with Crippen LogP contribution in [-0.2, 0) is 4.79 Å². The van der Waals surface area contributed by atoms with Crippen LogP contribution in [-0.4, -0.2) is 11.4 Å². The number of hydrogen-bond acceptors (Lipinski definition) is 2. The minimum atomic E-state index is -0.896. The minimum absolute atomic E-state index is 0.190. The predicted octanol–water partition coefficient (Wildman–Crippen LogP) is 1.84. The van der Waals surface area contributed by atoms with Crippen LogP contribution in [0.3, 0.4) is 0 Å². The third-order valence-corrected chi connectivity index (χ3v) is 1.94. The first-order valence-corrected chi connectivity index (χ1v) is 4.49. The molecule has 0 aromatic carbocycles. The lowest BCUT2D eigenvalue weighted by atomic mass is 9.87. The second kappa shape index (κ2) is 3.78. The molecule has 0 aliphatic rings. The maximum atomic E-state index is 11.6. The Morgan fingerprint density at radius 3 is 2.08 bits per heavy atom. The summed E-state index contributed by atoms with van der Waals surface area (Å²) >= 11 is 0. The Morgan fingerprint density at radius 1 is 1.38 bits per heavy atom. The van der Waals surface area contributed by atoms with Crippen LogP contribution >= 0.6 is 0 Å². The van der Waals surface area contributed by atoms with Gasteiger partial charge >= 0.3 is 0 Å². The van der Waals surface area contributed by atoms with E-state index in [1.165, 1.54) is 0 Å². The zero-order valence-corrected chi connectivity index (χ0v) is 9.06. The molecule has 0 saturated heterocycles. The van der Waals surface area contributed by atoms with Crippen molar-refractivity contribution < 1.29 is 4.79 Å². The summed E-state index contributed by atoms with van der Waals surface area (Å²) < 4.78 is 0. The first kappa shape index (κ1) is 12.0. The van der Waals surface area contributed by atoms with Crippen LogP contribution < -0.4 is 5.32 Å². The van der Waals surface area contributed by atoms with Crippen molar-refractivity contribution in [3.05, 3.63) is 0 Å². The minimum Gasteiger partial charge on any atom is -0.350 e. The van der Waals surface area contributed by atoms with Crippen molar-refractivity contribution in [1.29, 1.82) is 5.26 Å². The molecule has 0 aromatic heterocycles. The van der Waals surface area contributed by atoms with Crippen molar-refractivity contribution in [3.63, 3.8) is 0 Å². The molecule has 0 rings (SSSR count). The van der Waals surface area contributed by atoms with Gasteiger partial charge in [-0.3, -0.25) is 4.79 Å². The third kappa shape index (κ3) is 3.45. The molecule has 13 heavy (non-hydrogen) atoms. The molecular weight excluding hydrogens is 164 g/mol. The van der Waals surface area contributed by atoms with E-state index in [1.807, 2.05) is 33.8 Å². The quantitative estimate of drug-likeness (QED) is 0.708. The molecule has 0 aliphatic heterocycles. The zero-order chi connectivity index (χ0) is 10.7. The normalized spacial score (nSPS) is 15.7. The average Bonchev–Trinajstić information content (AvgIpc) is 2.00. The fourth-order valence-corrected chi connectivity index (χ4v) is 0.769. The molecule has 3 nitrogen and oxygen atoms in total. The smallest absolute Gasteiger partial charge is 0.240 e. The monoisotopic (exact) mass is 182 g/mol. The Bertz CT molecular complexity index is 234. The maximum Gasteiger partial charge on any atom is 0.240 e. The van der Waals surface area contributed by atoms with E-state index in [0.29, 0.717) is 6.42 Å². The van der Waals surface area contributed by atoms with Gasteiger partial charge in [0, 0.05) is 5.54 Å². The number of amides is 1. The van der Waals surface area contributed by atoms with E-state index in [9.17, 15) is 4.79 Å². The van der Waals surface area contributed by atoms with Gasteiger partial charge < -0.3 is 5.32 Å². The SMILES string of the molecule is CCC(C)(C#N)C(=O)NC(C)(C)C. The Balaban J connectivity index is 4.53. The highest BCUT2D eigenvalue weighted by molar-refractivity contribution is 5.85. The summed E-state index contributed by atoms with van der Waals surface area (Å²) in [6.07, 6.45) is 0.533. The van der Waals surface area contributed by atoms with Crippen LogP contribution in [0.4, 0.5) is 0 Å². The topological polar surface area (TPSA) is 52.9 Å². The summed E-state index contributed by atoms with van der Waals surface area (Å²) in [7, 11) is 0. The summed E-state index contributed by atoms with van der Waals surface area (Å²) in [5, 5.41) is 11.6. The molecule has 0 saturated carbocycles. The second-order valence-corrected chi connectivity index (χ2v) is 4.50. The molecular formula is C10H18N2O. The Labute approximate surface area is 80.1 Å². The molecule has 0 heterocycles. The molecule has 1 unspecified atom stereocenters. The van der Waals surface area contributed by atoms with E-state index in [-0.39, 0.29) is 11.4 Å². The highest BCUT2D eigenvalue weighted by Crippen LogP contribution is 2.20.